The number of allylic oxidation sites excluding steroid dienone is 1. The first-order chi connectivity index (χ1) is 12.6. The number of carbonyl (C=O) groups is 1. The van der Waals surface area contributed by atoms with Crippen LogP contribution in [0.25, 0.3) is 0 Å². The molecule has 3 rings (SSSR count). The van der Waals surface area contributed by atoms with Gasteiger partial charge in [-0.15, -0.1) is 0 Å². The van der Waals surface area contributed by atoms with Crippen molar-refractivity contribution >= 4 is 17.5 Å². The number of halogens is 1. The molecular formula is C20H26ClNO4. The zero-order chi connectivity index (χ0) is 18.5. The van der Waals surface area contributed by atoms with Crippen LogP contribution < -0.4 is 5.32 Å². The third-order valence-electron chi connectivity index (χ3n) is 4.80. The first kappa shape index (κ1) is 19.2. The summed E-state index contributed by atoms with van der Waals surface area (Å²) in [7, 11) is 0. The number of aliphatic hydroxyl groups excluding tert-OH is 1. The van der Waals surface area contributed by atoms with E-state index < -0.39 is 6.29 Å². The SMILES string of the molecule is CCO[C@@H]1OC(C(=O)NC2CC2)=C[C@H](c2ccc(Cl)cc2)[C@@H]1CCCO. The second kappa shape index (κ2) is 8.89. The lowest BCUT2D eigenvalue weighted by molar-refractivity contribution is -0.166. The zero-order valence-electron chi connectivity index (χ0n) is 15.0. The van der Waals surface area contributed by atoms with Crippen molar-refractivity contribution in [1.82, 2.24) is 5.32 Å². The van der Waals surface area contributed by atoms with Gasteiger partial charge in [-0.2, -0.15) is 0 Å². The van der Waals surface area contributed by atoms with E-state index in [0.717, 1.165) is 24.8 Å². The molecule has 1 heterocycles. The standard InChI is InChI=1S/C20H26ClNO4/c1-2-25-20-16(4-3-11-23)17(13-5-7-14(21)8-6-13)12-18(26-20)19(24)22-15-9-10-15/h5-8,12,15-17,20,23H,2-4,9-11H2,1H3,(H,22,24)/t16-,17+,20+/m0/s1. The summed E-state index contributed by atoms with van der Waals surface area (Å²) in [5, 5.41) is 12.9. The van der Waals surface area contributed by atoms with Crippen LogP contribution in [0.4, 0.5) is 0 Å². The van der Waals surface area contributed by atoms with Crippen molar-refractivity contribution in [3.8, 4) is 0 Å². The van der Waals surface area contributed by atoms with Gasteiger partial charge in [-0.1, -0.05) is 23.7 Å². The Morgan fingerprint density at radius 1 is 1.35 bits per heavy atom. The van der Waals surface area contributed by atoms with Crippen LogP contribution in [0.1, 0.15) is 44.1 Å². The monoisotopic (exact) mass is 379 g/mol. The minimum Gasteiger partial charge on any atom is -0.459 e. The highest BCUT2D eigenvalue weighted by Crippen LogP contribution is 2.39. The van der Waals surface area contributed by atoms with Gasteiger partial charge >= 0.3 is 0 Å². The highest BCUT2D eigenvalue weighted by molar-refractivity contribution is 6.30. The second-order valence-corrected chi connectivity index (χ2v) is 7.26. The lowest BCUT2D eigenvalue weighted by Crippen LogP contribution is -2.39. The van der Waals surface area contributed by atoms with E-state index in [9.17, 15) is 9.90 Å². The first-order valence-corrected chi connectivity index (χ1v) is 9.67. The largest absolute Gasteiger partial charge is 0.459 e. The van der Waals surface area contributed by atoms with Gasteiger partial charge in [0, 0.05) is 36.1 Å². The van der Waals surface area contributed by atoms with Gasteiger partial charge in [0.1, 0.15) is 0 Å². The van der Waals surface area contributed by atoms with Gasteiger partial charge in [-0.3, -0.25) is 4.79 Å². The van der Waals surface area contributed by atoms with E-state index in [1.165, 1.54) is 0 Å². The molecule has 0 radical (unpaired) electrons. The van der Waals surface area contributed by atoms with Gasteiger partial charge in [0.15, 0.2) is 5.76 Å². The van der Waals surface area contributed by atoms with E-state index in [-0.39, 0.29) is 30.4 Å². The number of hydrogen-bond acceptors (Lipinski definition) is 4. The Bertz CT molecular complexity index is 642. The maximum Gasteiger partial charge on any atom is 0.286 e. The average molecular weight is 380 g/mol. The quantitative estimate of drug-likeness (QED) is 0.726. The topological polar surface area (TPSA) is 67.8 Å². The second-order valence-electron chi connectivity index (χ2n) is 6.83. The number of nitrogens with one attached hydrogen (secondary N) is 1. The fraction of sp³-hybridized carbons (Fsp3) is 0.550. The number of hydrogen-bond donors (Lipinski definition) is 2. The third-order valence-corrected chi connectivity index (χ3v) is 5.05. The molecule has 0 aromatic heterocycles. The highest BCUT2D eigenvalue weighted by Gasteiger charge is 2.38. The predicted molar refractivity (Wildman–Crippen MR) is 99.7 cm³/mol. The number of benzene rings is 1. The molecule has 1 fully saturated rings. The minimum absolute atomic E-state index is 0.0146. The molecule has 0 bridgehead atoms. The van der Waals surface area contributed by atoms with Crippen LogP contribution in [0.15, 0.2) is 36.1 Å². The van der Waals surface area contributed by atoms with Gasteiger partial charge < -0.3 is 19.9 Å². The maximum atomic E-state index is 12.5. The minimum atomic E-state index is -0.516. The lowest BCUT2D eigenvalue weighted by atomic mass is 9.80. The molecule has 1 aromatic rings. The smallest absolute Gasteiger partial charge is 0.286 e. The zero-order valence-corrected chi connectivity index (χ0v) is 15.7. The fourth-order valence-electron chi connectivity index (χ4n) is 3.31. The Morgan fingerprint density at radius 2 is 2.08 bits per heavy atom. The summed E-state index contributed by atoms with van der Waals surface area (Å²) in [6.45, 7) is 2.51. The van der Waals surface area contributed by atoms with Crippen molar-refractivity contribution in [2.45, 2.75) is 50.9 Å². The molecule has 5 nitrogen and oxygen atoms in total. The van der Waals surface area contributed by atoms with Crippen LogP contribution in [0.5, 0.6) is 0 Å². The van der Waals surface area contributed by atoms with Crippen LogP contribution in [-0.4, -0.2) is 36.6 Å². The molecular weight excluding hydrogens is 354 g/mol. The van der Waals surface area contributed by atoms with Crippen molar-refractivity contribution in [3.63, 3.8) is 0 Å². The lowest BCUT2D eigenvalue weighted by Gasteiger charge is -2.37. The molecule has 3 atom stereocenters. The summed E-state index contributed by atoms with van der Waals surface area (Å²) in [5.41, 5.74) is 1.06. The molecule has 1 aromatic carbocycles. The molecule has 1 amide bonds. The molecule has 2 N–H and O–H groups in total. The van der Waals surface area contributed by atoms with E-state index >= 15 is 0 Å². The molecule has 2 aliphatic rings. The van der Waals surface area contributed by atoms with E-state index in [0.29, 0.717) is 23.8 Å². The van der Waals surface area contributed by atoms with Crippen LogP contribution in [0.3, 0.4) is 0 Å². The number of rotatable bonds is 8. The predicted octanol–water partition coefficient (Wildman–Crippen LogP) is 3.37. The number of aliphatic hydroxyl groups is 1. The number of amides is 1. The molecule has 1 aliphatic carbocycles. The Labute approximate surface area is 159 Å². The Kier molecular flexibility index (Phi) is 6.57. The molecule has 1 saturated carbocycles. The van der Waals surface area contributed by atoms with Gasteiger partial charge in [0.2, 0.25) is 6.29 Å². The Hall–Kier alpha value is -1.56. The van der Waals surface area contributed by atoms with E-state index in [1.807, 2.05) is 37.3 Å². The number of ether oxygens (including phenoxy) is 2. The van der Waals surface area contributed by atoms with Crippen molar-refractivity contribution in [2.75, 3.05) is 13.2 Å². The van der Waals surface area contributed by atoms with Crippen LogP contribution in [0, 0.1) is 5.92 Å². The molecule has 0 spiro atoms. The van der Waals surface area contributed by atoms with Gasteiger partial charge in [0.05, 0.1) is 0 Å². The van der Waals surface area contributed by atoms with Crippen molar-refractivity contribution in [1.29, 1.82) is 0 Å². The van der Waals surface area contributed by atoms with Gasteiger partial charge in [-0.05, 0) is 56.4 Å². The van der Waals surface area contributed by atoms with Gasteiger partial charge in [0.25, 0.3) is 5.91 Å². The Morgan fingerprint density at radius 3 is 2.69 bits per heavy atom. The molecule has 1 aliphatic heterocycles. The molecule has 142 valence electrons. The van der Waals surface area contributed by atoms with Crippen LogP contribution in [0.2, 0.25) is 5.02 Å². The maximum absolute atomic E-state index is 12.5. The molecule has 0 unspecified atom stereocenters. The third kappa shape index (κ3) is 4.78. The highest BCUT2D eigenvalue weighted by atomic mass is 35.5. The van der Waals surface area contributed by atoms with E-state index in [2.05, 4.69) is 5.32 Å². The van der Waals surface area contributed by atoms with Crippen molar-refractivity contribution < 1.29 is 19.4 Å². The first-order valence-electron chi connectivity index (χ1n) is 9.29. The van der Waals surface area contributed by atoms with Crippen LogP contribution in [-0.2, 0) is 14.3 Å². The van der Waals surface area contributed by atoms with Gasteiger partial charge in [-0.25, -0.2) is 0 Å². The summed E-state index contributed by atoms with van der Waals surface area (Å²) in [6.07, 6.45) is 4.80. The molecule has 6 heteroatoms. The summed E-state index contributed by atoms with van der Waals surface area (Å²) >= 11 is 6.03. The van der Waals surface area contributed by atoms with E-state index in [1.54, 1.807) is 0 Å². The summed E-state index contributed by atoms with van der Waals surface area (Å²) < 4.78 is 11.7. The summed E-state index contributed by atoms with van der Waals surface area (Å²) in [4.78, 5) is 12.5. The van der Waals surface area contributed by atoms with E-state index in [4.69, 9.17) is 21.1 Å². The van der Waals surface area contributed by atoms with Crippen LogP contribution >= 0.6 is 11.6 Å². The Balaban J connectivity index is 1.90. The molecule has 0 saturated heterocycles. The number of carbonyl (C=O) groups excluding carboxylic acids is 1. The normalized spacial score (nSPS) is 25.3. The summed E-state index contributed by atoms with van der Waals surface area (Å²) in [6, 6.07) is 7.91. The summed E-state index contributed by atoms with van der Waals surface area (Å²) in [5.74, 6) is 0.108. The van der Waals surface area contributed by atoms with Crippen molar-refractivity contribution in [3.05, 3.63) is 46.7 Å². The van der Waals surface area contributed by atoms with Crippen molar-refractivity contribution in [2.24, 2.45) is 5.92 Å². The fourth-order valence-corrected chi connectivity index (χ4v) is 3.44. The molecule has 26 heavy (non-hydrogen) atoms. The average Bonchev–Trinajstić information content (AvgIpc) is 3.45.